The Bertz CT molecular complexity index is 336. The van der Waals surface area contributed by atoms with Crippen molar-refractivity contribution < 1.29 is 14.3 Å². The van der Waals surface area contributed by atoms with Crippen molar-refractivity contribution in [2.45, 2.75) is 6.42 Å². The summed E-state index contributed by atoms with van der Waals surface area (Å²) in [4.78, 5) is 10.8. The molecule has 0 aliphatic rings. The van der Waals surface area contributed by atoms with Crippen LogP contribution in [0.25, 0.3) is 0 Å². The van der Waals surface area contributed by atoms with Gasteiger partial charge < -0.3 is 9.47 Å². The van der Waals surface area contributed by atoms with Gasteiger partial charge in [0.15, 0.2) is 16.6 Å². The zero-order chi connectivity index (χ0) is 10.6. The Labute approximate surface area is 88.4 Å². The highest BCUT2D eigenvalue weighted by atomic mass is 32.1. The van der Waals surface area contributed by atoms with Gasteiger partial charge in [-0.1, -0.05) is 12.1 Å². The lowest BCUT2D eigenvalue weighted by Crippen LogP contribution is -1.99. The minimum Gasteiger partial charge on any atom is -0.493 e. The van der Waals surface area contributed by atoms with Gasteiger partial charge in [-0.2, -0.15) is 0 Å². The van der Waals surface area contributed by atoms with Crippen molar-refractivity contribution in [1.29, 1.82) is 0 Å². The fourth-order valence-corrected chi connectivity index (χ4v) is 1.43. The van der Waals surface area contributed by atoms with Crippen molar-refractivity contribution in [2.75, 3.05) is 14.2 Å². The van der Waals surface area contributed by atoms with E-state index in [1.54, 1.807) is 20.3 Å². The Morgan fingerprint density at radius 2 is 2.07 bits per heavy atom. The molecule has 0 radical (unpaired) electrons. The molecular formula is C10H12O3S. The number of hydrogen-bond acceptors (Lipinski definition) is 3. The number of benzene rings is 1. The second-order valence-electron chi connectivity index (χ2n) is 2.72. The summed E-state index contributed by atoms with van der Waals surface area (Å²) in [7, 11) is 3.11. The van der Waals surface area contributed by atoms with Crippen molar-refractivity contribution in [1.82, 2.24) is 0 Å². The molecule has 0 saturated heterocycles. The van der Waals surface area contributed by atoms with Gasteiger partial charge in [0.2, 0.25) is 0 Å². The van der Waals surface area contributed by atoms with E-state index in [4.69, 9.17) is 9.47 Å². The van der Waals surface area contributed by atoms with Gasteiger partial charge in [0.1, 0.15) is 0 Å². The van der Waals surface area contributed by atoms with E-state index in [9.17, 15) is 4.79 Å². The number of thiol groups is 1. The summed E-state index contributed by atoms with van der Waals surface area (Å²) in [5.41, 5.74) is 0.784. The van der Waals surface area contributed by atoms with E-state index in [1.165, 1.54) is 0 Å². The maximum atomic E-state index is 10.8. The Kier molecular flexibility index (Phi) is 3.83. The molecular weight excluding hydrogens is 200 g/mol. The second-order valence-corrected chi connectivity index (χ2v) is 3.22. The minimum atomic E-state index is -0.198. The van der Waals surface area contributed by atoms with Gasteiger partial charge in [0.25, 0.3) is 0 Å². The third kappa shape index (κ3) is 2.42. The van der Waals surface area contributed by atoms with Crippen LogP contribution in [0.5, 0.6) is 11.5 Å². The van der Waals surface area contributed by atoms with Gasteiger partial charge in [-0.3, -0.25) is 4.79 Å². The van der Waals surface area contributed by atoms with Crippen LogP contribution in [0.4, 0.5) is 0 Å². The van der Waals surface area contributed by atoms with Crippen LogP contribution < -0.4 is 9.47 Å². The number of rotatable bonds is 4. The van der Waals surface area contributed by atoms with E-state index in [0.29, 0.717) is 11.5 Å². The number of para-hydroxylation sites is 1. The molecule has 1 aromatic rings. The average Bonchev–Trinajstić information content (AvgIpc) is 2.16. The monoisotopic (exact) mass is 212 g/mol. The lowest BCUT2D eigenvalue weighted by atomic mass is 10.1. The summed E-state index contributed by atoms with van der Waals surface area (Å²) in [6.45, 7) is 0. The van der Waals surface area contributed by atoms with E-state index in [-0.39, 0.29) is 11.5 Å². The Morgan fingerprint density at radius 3 is 2.57 bits per heavy atom. The maximum Gasteiger partial charge on any atom is 0.190 e. The van der Waals surface area contributed by atoms with Crippen LogP contribution in [-0.2, 0) is 11.2 Å². The lowest BCUT2D eigenvalue weighted by Gasteiger charge is -2.10. The second kappa shape index (κ2) is 4.91. The van der Waals surface area contributed by atoms with E-state index in [1.807, 2.05) is 12.1 Å². The van der Waals surface area contributed by atoms with Crippen LogP contribution >= 0.6 is 12.6 Å². The average molecular weight is 212 g/mol. The fourth-order valence-electron chi connectivity index (χ4n) is 1.26. The molecule has 1 rings (SSSR count). The van der Waals surface area contributed by atoms with Crippen LogP contribution in [0, 0.1) is 0 Å². The molecule has 76 valence electrons. The molecule has 3 nitrogen and oxygen atoms in total. The number of hydrogen-bond donors (Lipinski definition) is 1. The predicted octanol–water partition coefficient (Wildman–Crippen LogP) is 1.70. The van der Waals surface area contributed by atoms with Crippen LogP contribution in [0.3, 0.4) is 0 Å². The van der Waals surface area contributed by atoms with E-state index in [0.717, 1.165) is 5.56 Å². The minimum absolute atomic E-state index is 0.198. The molecule has 0 saturated carbocycles. The van der Waals surface area contributed by atoms with Crippen LogP contribution in [0.2, 0.25) is 0 Å². The number of ether oxygens (including phenoxy) is 2. The third-order valence-electron chi connectivity index (χ3n) is 1.83. The topological polar surface area (TPSA) is 35.5 Å². The van der Waals surface area contributed by atoms with Crippen molar-refractivity contribution >= 4 is 17.7 Å². The molecule has 0 aromatic heterocycles. The smallest absolute Gasteiger partial charge is 0.190 e. The van der Waals surface area contributed by atoms with Crippen molar-refractivity contribution in [3.05, 3.63) is 23.8 Å². The summed E-state index contributed by atoms with van der Waals surface area (Å²) in [5.74, 6) is 1.22. The van der Waals surface area contributed by atoms with Crippen molar-refractivity contribution in [2.24, 2.45) is 0 Å². The predicted molar refractivity (Wildman–Crippen MR) is 57.2 cm³/mol. The van der Waals surface area contributed by atoms with Gasteiger partial charge >= 0.3 is 0 Å². The van der Waals surface area contributed by atoms with E-state index < -0.39 is 0 Å². The van der Waals surface area contributed by atoms with Crippen LogP contribution in [0.1, 0.15) is 5.56 Å². The molecule has 0 fully saturated rings. The van der Waals surface area contributed by atoms with Crippen LogP contribution in [-0.4, -0.2) is 19.3 Å². The maximum absolute atomic E-state index is 10.8. The molecule has 0 aliphatic heterocycles. The molecule has 0 heterocycles. The van der Waals surface area contributed by atoms with Gasteiger partial charge in [-0.05, 0) is 6.07 Å². The highest BCUT2D eigenvalue weighted by molar-refractivity contribution is 7.96. The van der Waals surface area contributed by atoms with Gasteiger partial charge in [0.05, 0.1) is 14.2 Å². The molecule has 0 unspecified atom stereocenters. The molecule has 1 aromatic carbocycles. The molecule has 14 heavy (non-hydrogen) atoms. The first-order valence-electron chi connectivity index (χ1n) is 4.10. The summed E-state index contributed by atoms with van der Waals surface area (Å²) in [6.07, 6.45) is 0.240. The quantitative estimate of drug-likeness (QED) is 0.772. The number of carbonyl (C=O) groups is 1. The Hall–Kier alpha value is -1.16. The highest BCUT2D eigenvalue weighted by Crippen LogP contribution is 2.31. The van der Waals surface area contributed by atoms with E-state index >= 15 is 0 Å². The molecule has 0 N–H and O–H groups in total. The third-order valence-corrected chi connectivity index (χ3v) is 1.98. The number of carbonyl (C=O) groups excluding carboxylic acids is 1. The highest BCUT2D eigenvalue weighted by Gasteiger charge is 2.10. The zero-order valence-electron chi connectivity index (χ0n) is 8.11. The normalized spacial score (nSPS) is 9.64. The Balaban J connectivity index is 3.08. The molecule has 0 aliphatic carbocycles. The fraction of sp³-hybridized carbons (Fsp3) is 0.300. The zero-order valence-corrected chi connectivity index (χ0v) is 9.01. The first-order valence-corrected chi connectivity index (χ1v) is 4.55. The van der Waals surface area contributed by atoms with Crippen molar-refractivity contribution in [3.63, 3.8) is 0 Å². The summed E-state index contributed by atoms with van der Waals surface area (Å²) >= 11 is 3.72. The van der Waals surface area contributed by atoms with Gasteiger partial charge in [-0.15, -0.1) is 12.6 Å². The molecule has 0 bridgehead atoms. The summed E-state index contributed by atoms with van der Waals surface area (Å²) < 4.78 is 10.3. The summed E-state index contributed by atoms with van der Waals surface area (Å²) in [5, 5.41) is -0.198. The molecule has 0 amide bonds. The largest absolute Gasteiger partial charge is 0.493 e. The molecule has 0 atom stereocenters. The Morgan fingerprint density at radius 1 is 1.36 bits per heavy atom. The van der Waals surface area contributed by atoms with Gasteiger partial charge in [0, 0.05) is 12.0 Å². The van der Waals surface area contributed by atoms with Gasteiger partial charge in [-0.25, -0.2) is 0 Å². The lowest BCUT2D eigenvalue weighted by molar-refractivity contribution is -0.110. The summed E-state index contributed by atoms with van der Waals surface area (Å²) in [6, 6.07) is 5.41. The van der Waals surface area contributed by atoms with Crippen molar-refractivity contribution in [3.8, 4) is 11.5 Å². The van der Waals surface area contributed by atoms with E-state index in [2.05, 4.69) is 12.6 Å². The molecule has 0 spiro atoms. The van der Waals surface area contributed by atoms with Crippen LogP contribution in [0.15, 0.2) is 18.2 Å². The SMILES string of the molecule is COc1cccc(CC(=O)S)c1OC. The standard InChI is InChI=1S/C10H12O3S/c1-12-8-5-3-4-7(6-9(11)14)10(8)13-2/h3-5H,6H2,1-2H3,(H,11,14). The first-order chi connectivity index (χ1) is 6.69. The molecule has 4 heteroatoms. The number of methoxy groups -OCH3 is 2. The first kappa shape index (κ1) is 10.9.